The molecular formula is C79H90Cl2F6N12O15S. The number of nitrogens with zero attached hydrogens (tertiary/aromatic N) is 7. The van der Waals surface area contributed by atoms with Crippen molar-refractivity contribution in [2.24, 2.45) is 29.7 Å². The number of alkyl halides is 6. The lowest BCUT2D eigenvalue weighted by Crippen LogP contribution is -2.62. The lowest BCUT2D eigenvalue weighted by Gasteiger charge is -2.32. The monoisotopic (exact) mass is 1660 g/mol. The first-order chi connectivity index (χ1) is 54.8. The molecule has 9 rings (SSSR count). The summed E-state index contributed by atoms with van der Waals surface area (Å²) < 4.78 is 141. The van der Waals surface area contributed by atoms with E-state index in [2.05, 4.69) is 36.7 Å². The van der Waals surface area contributed by atoms with Crippen molar-refractivity contribution in [3.05, 3.63) is 166 Å². The third-order valence-corrected chi connectivity index (χ3v) is 21.4. The molecule has 3 heterocycles. The number of nitrogens with one attached hydrogen (secondary N) is 4. The van der Waals surface area contributed by atoms with Crippen LogP contribution in [0.3, 0.4) is 0 Å². The molecule has 3 atom stereocenters. The molecule has 0 aliphatic carbocycles. The van der Waals surface area contributed by atoms with Gasteiger partial charge in [-0.15, -0.1) is 5.10 Å². The van der Waals surface area contributed by atoms with Crippen LogP contribution in [-0.4, -0.2) is 190 Å². The Labute approximate surface area is 670 Å². The summed E-state index contributed by atoms with van der Waals surface area (Å²) in [7, 11) is -0.749. The van der Waals surface area contributed by atoms with Gasteiger partial charge < -0.3 is 65.6 Å². The minimum Gasteiger partial charge on any atom is -0.445 e. The van der Waals surface area contributed by atoms with Gasteiger partial charge in [-0.25, -0.2) is 22.7 Å². The van der Waals surface area contributed by atoms with E-state index in [-0.39, 0.29) is 168 Å². The highest BCUT2D eigenvalue weighted by atomic mass is 35.5. The van der Waals surface area contributed by atoms with Crippen molar-refractivity contribution in [1.29, 1.82) is 0 Å². The Bertz CT molecular complexity index is 4660. The van der Waals surface area contributed by atoms with E-state index < -0.39 is 93.4 Å². The lowest BCUT2D eigenvalue weighted by molar-refractivity contribution is -0.338. The summed E-state index contributed by atoms with van der Waals surface area (Å²) >= 11 is 12.7. The SMILES string of the molecule is CC(C)[C@H](NC(=O)CCOCCOCCOCCOCCNC(=O)CCC(=O)N1Cc2ccccc2-c2nnn(C)c2-c2ccccc21)C(=O)C[C@@H](CCCNC(N)=O)C(=O)Nc1ccc(COC(=O)N(C)CCCS(=O)(=O)c2cccc(-c3ccc(C4CC(C(O)(C(F)(F)F)C(F)(F)F)=NN4c4c(Cl)cccc4Cl)cc3)c2)cc1. The predicted molar refractivity (Wildman–Crippen MR) is 417 cm³/mol. The van der Waals surface area contributed by atoms with Crippen LogP contribution in [0.15, 0.2) is 150 Å². The number of amides is 7. The Morgan fingerprint density at radius 3 is 1.98 bits per heavy atom. The first kappa shape index (κ1) is 88.9. The normalized spacial score (nSPS) is 14.1. The van der Waals surface area contributed by atoms with Crippen LogP contribution in [-0.2, 0) is 77.7 Å². The molecule has 7 aromatic rings. The molecule has 27 nitrogen and oxygen atoms in total. The maximum atomic E-state index is 14.1. The summed E-state index contributed by atoms with van der Waals surface area (Å²) in [5.74, 6) is -3.50. The van der Waals surface area contributed by atoms with Crippen molar-refractivity contribution in [3.63, 3.8) is 0 Å². The molecule has 115 heavy (non-hydrogen) atoms. The fraction of sp³-hybridized carbons (Fsp3) is 0.418. The summed E-state index contributed by atoms with van der Waals surface area (Å²) in [4.78, 5) is 94.8. The van der Waals surface area contributed by atoms with Gasteiger partial charge in [0.15, 0.2) is 15.6 Å². The number of hydrazone groups is 1. The second kappa shape index (κ2) is 41.0. The van der Waals surface area contributed by atoms with E-state index in [0.29, 0.717) is 34.6 Å². The molecule has 6 aromatic carbocycles. The number of urea groups is 1. The number of hydrogen-bond acceptors (Lipinski definition) is 19. The van der Waals surface area contributed by atoms with Crippen LogP contribution < -0.4 is 36.9 Å². The smallest absolute Gasteiger partial charge is 0.431 e. The number of hydrogen-bond donors (Lipinski definition) is 6. The maximum absolute atomic E-state index is 14.1. The number of sulfone groups is 1. The summed E-state index contributed by atoms with van der Waals surface area (Å²) in [6.07, 6.45) is -14.2. The maximum Gasteiger partial charge on any atom is 0.431 e. The fourth-order valence-corrected chi connectivity index (χ4v) is 14.8. The van der Waals surface area contributed by atoms with Gasteiger partial charge >= 0.3 is 24.5 Å². The third-order valence-electron chi connectivity index (χ3n) is 19.0. The van der Waals surface area contributed by atoms with Gasteiger partial charge in [0, 0.05) is 88.6 Å². The number of fused-ring (bicyclic) bond motifs is 5. The molecule has 7 amide bonds. The van der Waals surface area contributed by atoms with Crippen molar-refractivity contribution >= 4 is 97.3 Å². The van der Waals surface area contributed by atoms with Gasteiger partial charge in [-0.05, 0) is 95.5 Å². The zero-order valence-electron chi connectivity index (χ0n) is 63.4. The Morgan fingerprint density at radius 1 is 0.704 bits per heavy atom. The van der Waals surface area contributed by atoms with Gasteiger partial charge in [0.1, 0.15) is 12.3 Å². The molecule has 7 N–H and O–H groups in total. The highest BCUT2D eigenvalue weighted by Crippen LogP contribution is 2.51. The van der Waals surface area contributed by atoms with Crippen LogP contribution in [0.25, 0.3) is 33.6 Å². The molecule has 0 fully saturated rings. The Hall–Kier alpha value is -10.1. The molecule has 0 radical (unpaired) electrons. The second-order valence-electron chi connectivity index (χ2n) is 27.6. The summed E-state index contributed by atoms with van der Waals surface area (Å²) in [6.45, 7) is 5.70. The zero-order valence-corrected chi connectivity index (χ0v) is 65.8. The number of halogens is 8. The number of benzene rings is 6. The first-order valence-electron chi connectivity index (χ1n) is 36.9. The van der Waals surface area contributed by atoms with Crippen molar-refractivity contribution < 1.29 is 97.1 Å². The van der Waals surface area contributed by atoms with E-state index in [1.165, 1.54) is 72.6 Å². The van der Waals surface area contributed by atoms with E-state index >= 15 is 0 Å². The number of carbonyl (C=O) groups is 7. The fourth-order valence-electron chi connectivity index (χ4n) is 12.9. The molecule has 2 aliphatic heterocycles. The number of aryl methyl sites for hydroxylation is 1. The van der Waals surface area contributed by atoms with Crippen LogP contribution in [0.2, 0.25) is 10.0 Å². The predicted octanol–water partition coefficient (Wildman–Crippen LogP) is 11.7. The Morgan fingerprint density at radius 2 is 1.33 bits per heavy atom. The molecule has 0 bridgehead atoms. The van der Waals surface area contributed by atoms with Crippen LogP contribution in [0.5, 0.6) is 0 Å². The van der Waals surface area contributed by atoms with Crippen LogP contribution >= 0.6 is 23.2 Å². The number of carbonyl (C=O) groups excluding carboxylic acids is 7. The van der Waals surface area contributed by atoms with Gasteiger partial charge in [0.05, 0.1) is 115 Å². The molecule has 1 unspecified atom stereocenters. The minimum absolute atomic E-state index is 0.00385. The van der Waals surface area contributed by atoms with E-state index in [1.54, 1.807) is 53.8 Å². The number of Topliss-reactive ketones (excluding diaryl/α,β-unsaturated/α-hetero) is 1. The highest BCUT2D eigenvalue weighted by molar-refractivity contribution is 7.91. The molecule has 618 valence electrons. The van der Waals surface area contributed by atoms with Crippen molar-refractivity contribution in [1.82, 2.24) is 35.8 Å². The van der Waals surface area contributed by atoms with Gasteiger partial charge in [0.2, 0.25) is 23.6 Å². The van der Waals surface area contributed by atoms with Crippen LogP contribution in [0.4, 0.5) is 53.0 Å². The largest absolute Gasteiger partial charge is 0.445 e. The first-order valence-corrected chi connectivity index (χ1v) is 39.4. The molecule has 36 heteroatoms. The average molecular weight is 1660 g/mol. The number of ketones is 1. The Kier molecular flexibility index (Phi) is 31.7. The molecule has 2 aliphatic rings. The van der Waals surface area contributed by atoms with Crippen LogP contribution in [0.1, 0.15) is 87.9 Å². The number of rotatable bonds is 40. The summed E-state index contributed by atoms with van der Waals surface area (Å²) in [6, 6.07) is 34.2. The van der Waals surface area contributed by atoms with E-state index in [1.807, 2.05) is 55.6 Å². The average Bonchev–Trinajstić information content (AvgIpc) is 1.62. The highest BCUT2D eigenvalue weighted by Gasteiger charge is 2.74. The van der Waals surface area contributed by atoms with E-state index in [0.717, 1.165) is 33.1 Å². The number of ether oxygens (including phenoxy) is 5. The van der Waals surface area contributed by atoms with Gasteiger partial charge in [-0.3, -0.25) is 29.0 Å². The molecule has 1 aromatic heterocycles. The zero-order chi connectivity index (χ0) is 83.2. The van der Waals surface area contributed by atoms with E-state index in [4.69, 9.17) is 52.6 Å². The van der Waals surface area contributed by atoms with Gasteiger partial charge in [-0.2, -0.15) is 31.4 Å². The third kappa shape index (κ3) is 23.8. The lowest BCUT2D eigenvalue weighted by atomic mass is 9.89. The van der Waals surface area contributed by atoms with Gasteiger partial charge in [0.25, 0.3) is 5.60 Å². The topological polar surface area (TPSA) is 347 Å². The molecular weight excluding hydrogens is 1570 g/mol. The van der Waals surface area contributed by atoms with Gasteiger partial charge in [-0.1, -0.05) is 139 Å². The van der Waals surface area contributed by atoms with Crippen molar-refractivity contribution in [3.8, 4) is 33.6 Å². The molecule has 0 saturated heterocycles. The number of nitrogens with two attached hydrogens (primary N) is 1. The standard InChI is InChI=1S/C79H90Cl2F6N12O15S/c1-50(2)70(92-68(102)32-36-110-38-40-112-42-43-113-41-39-111-37-34-89-67(101)30-31-69(103)98-48-56-13-5-6-17-59(56)71-72(97(4)95-93-71)60-18-7-8-21-63(60)98)65(100)46-55(15-11-33-90-75(88)105)74(104)91-57-28-22-51(23-29-57)49-114-76(106)96(3)35-12-44-115(108,109)58-16-9-14-54(45-58)52-24-26-53(27-25-52)64-47-66(77(107,78(82,83)84)79(85,86)87)94-99(64)73-61(80)19-10-20-62(73)81/h5-10,13-14,16-29,45,50,55,64,70,107H,11-12,15,30-44,46-49H2,1-4H3,(H,89,101)(H,91,104)(H,92,102)(H3,88,90,105)/t55-,64?,70+/m1/s1. The summed E-state index contributed by atoms with van der Waals surface area (Å²) in [5, 5.41) is 34.0. The molecule has 0 saturated carbocycles. The second-order valence-corrected chi connectivity index (χ2v) is 30.5. The number of primary amides is 1. The quantitative estimate of drug-likeness (QED) is 0.0153. The van der Waals surface area contributed by atoms with Crippen LogP contribution in [0, 0.1) is 11.8 Å². The number of aromatic nitrogens is 3. The van der Waals surface area contributed by atoms with Crippen molar-refractivity contribution in [2.75, 3.05) is 101 Å². The number of anilines is 3. The Balaban J connectivity index is 0.637. The number of para-hydroxylation sites is 2. The summed E-state index contributed by atoms with van der Waals surface area (Å²) in [5.41, 5.74) is 4.75. The number of aliphatic hydroxyl groups is 1. The minimum atomic E-state index is -6.21. The molecule has 0 spiro atoms. The van der Waals surface area contributed by atoms with E-state index in [9.17, 15) is 73.4 Å². The van der Waals surface area contributed by atoms with Crippen molar-refractivity contribution in [2.45, 2.75) is 113 Å².